The summed E-state index contributed by atoms with van der Waals surface area (Å²) in [7, 11) is 0. The summed E-state index contributed by atoms with van der Waals surface area (Å²) in [4.78, 5) is 6.31. The Morgan fingerprint density at radius 2 is 1.73 bits per heavy atom. The molecule has 2 N–H and O–H groups in total. The first-order chi connectivity index (χ1) is 12.4. The normalized spacial score (nSPS) is 11.7. The second-order valence-electron chi connectivity index (χ2n) is 5.35. The minimum atomic E-state index is -4.33. The van der Waals surface area contributed by atoms with E-state index in [1.165, 1.54) is 12.1 Å². The van der Waals surface area contributed by atoms with Crippen molar-refractivity contribution in [1.82, 2.24) is 4.98 Å². The lowest BCUT2D eigenvalue weighted by Gasteiger charge is -2.10. The Kier molecular flexibility index (Phi) is 5.96. The molecule has 0 fully saturated rings. The summed E-state index contributed by atoms with van der Waals surface area (Å²) in [5.41, 5.74) is 6.60. The largest absolute Gasteiger partial charge is 0.416 e. The van der Waals surface area contributed by atoms with Crippen LogP contribution in [0.25, 0.3) is 11.1 Å². The maximum atomic E-state index is 12.8. The van der Waals surface area contributed by atoms with Gasteiger partial charge in [0.25, 0.3) is 0 Å². The maximum absolute atomic E-state index is 12.8. The molecule has 3 rings (SSSR count). The van der Waals surface area contributed by atoms with E-state index in [0.717, 1.165) is 42.3 Å². The van der Waals surface area contributed by atoms with Gasteiger partial charge >= 0.3 is 6.18 Å². The zero-order chi connectivity index (χ0) is 18.7. The molecule has 1 heterocycles. The van der Waals surface area contributed by atoms with Gasteiger partial charge < -0.3 is 5.73 Å². The van der Waals surface area contributed by atoms with Gasteiger partial charge in [-0.05, 0) is 47.7 Å². The van der Waals surface area contributed by atoms with Crippen LogP contribution in [0.5, 0.6) is 0 Å². The molecule has 0 aliphatic carbocycles. The summed E-state index contributed by atoms with van der Waals surface area (Å²) in [5, 5.41) is 0.872. The average molecular weight is 413 g/mol. The van der Waals surface area contributed by atoms with Crippen LogP contribution in [0, 0.1) is 0 Å². The number of thioether (sulfide) groups is 1. The topological polar surface area (TPSA) is 38.9 Å². The third-order valence-corrected chi connectivity index (χ3v) is 6.39. The monoisotopic (exact) mass is 412 g/mol. The van der Waals surface area contributed by atoms with Crippen molar-refractivity contribution in [2.75, 3.05) is 6.26 Å². The number of alkyl halides is 3. The Bertz CT molecular complexity index is 889. The van der Waals surface area contributed by atoms with E-state index in [2.05, 4.69) is 11.1 Å². The lowest BCUT2D eigenvalue weighted by atomic mass is 10.0. The van der Waals surface area contributed by atoms with E-state index in [1.807, 2.05) is 18.4 Å². The van der Waals surface area contributed by atoms with E-state index in [4.69, 9.17) is 5.73 Å². The highest BCUT2D eigenvalue weighted by Crippen LogP contribution is 2.37. The van der Waals surface area contributed by atoms with E-state index >= 15 is 0 Å². The molecule has 0 aliphatic rings. The molecular weight excluding hydrogens is 397 g/mol. The molecular formula is C18H15F3N2S3. The Morgan fingerprint density at radius 1 is 1.04 bits per heavy atom. The summed E-state index contributed by atoms with van der Waals surface area (Å²) < 4.78 is 39.3. The van der Waals surface area contributed by atoms with Gasteiger partial charge in [-0.15, -0.1) is 23.1 Å². The van der Waals surface area contributed by atoms with E-state index in [9.17, 15) is 13.2 Å². The molecule has 0 atom stereocenters. The summed E-state index contributed by atoms with van der Waals surface area (Å²) in [6.07, 6.45) is -0.561. The van der Waals surface area contributed by atoms with Crippen molar-refractivity contribution in [1.29, 1.82) is 0 Å². The van der Waals surface area contributed by atoms with Crippen molar-refractivity contribution in [2.45, 2.75) is 26.7 Å². The van der Waals surface area contributed by atoms with Gasteiger partial charge in [-0.25, -0.2) is 4.98 Å². The van der Waals surface area contributed by atoms with Gasteiger partial charge in [0.15, 0.2) is 0 Å². The number of nitrogens with zero attached hydrogens (tertiary/aromatic N) is 1. The van der Waals surface area contributed by atoms with Crippen molar-refractivity contribution >= 4 is 34.9 Å². The van der Waals surface area contributed by atoms with Crippen LogP contribution in [0.2, 0.25) is 0 Å². The van der Waals surface area contributed by atoms with Crippen molar-refractivity contribution in [3.8, 4) is 11.1 Å². The third-order valence-electron chi connectivity index (χ3n) is 3.59. The number of nitrogens with two attached hydrogens (primary N) is 1. The number of thiazole rings is 1. The van der Waals surface area contributed by atoms with Crippen molar-refractivity contribution in [3.05, 3.63) is 59.2 Å². The first-order valence-electron chi connectivity index (χ1n) is 7.58. The summed E-state index contributed by atoms with van der Waals surface area (Å²) >= 11 is 4.71. The molecule has 0 radical (unpaired) electrons. The fourth-order valence-electron chi connectivity index (χ4n) is 2.32. The summed E-state index contributed by atoms with van der Waals surface area (Å²) in [6, 6.07) is 11.3. The lowest BCUT2D eigenvalue weighted by Crippen LogP contribution is -2.03. The summed E-state index contributed by atoms with van der Waals surface area (Å²) in [5.74, 6) is 0. The quantitative estimate of drug-likeness (QED) is 0.509. The molecule has 0 bridgehead atoms. The van der Waals surface area contributed by atoms with Gasteiger partial charge in [-0.3, -0.25) is 0 Å². The Morgan fingerprint density at radius 3 is 2.31 bits per heavy atom. The van der Waals surface area contributed by atoms with Crippen LogP contribution in [0.3, 0.4) is 0 Å². The molecule has 2 nitrogen and oxygen atoms in total. The predicted octanol–water partition coefficient (Wildman–Crippen LogP) is 6.16. The smallest absolute Gasteiger partial charge is 0.325 e. The number of hydrogen-bond acceptors (Lipinski definition) is 5. The van der Waals surface area contributed by atoms with Crippen molar-refractivity contribution in [2.24, 2.45) is 5.73 Å². The van der Waals surface area contributed by atoms with Crippen LogP contribution >= 0.6 is 34.9 Å². The molecule has 1 aromatic heterocycles. The molecule has 0 saturated heterocycles. The highest BCUT2D eigenvalue weighted by atomic mass is 32.2. The Balaban J connectivity index is 1.92. The highest BCUT2D eigenvalue weighted by Gasteiger charge is 2.29. The molecule has 0 unspecified atom stereocenters. The van der Waals surface area contributed by atoms with Crippen molar-refractivity contribution in [3.63, 3.8) is 0 Å². The third kappa shape index (κ3) is 4.62. The van der Waals surface area contributed by atoms with E-state index in [0.29, 0.717) is 6.54 Å². The van der Waals surface area contributed by atoms with Gasteiger partial charge in [0.2, 0.25) is 0 Å². The van der Waals surface area contributed by atoms with E-state index < -0.39 is 11.7 Å². The lowest BCUT2D eigenvalue weighted by molar-refractivity contribution is -0.137. The SMILES string of the molecule is CSc1cc(Sc2cnc(CN)s2)cc(-c2ccc(C(F)(F)F)cc2)c1. The van der Waals surface area contributed by atoms with Gasteiger partial charge in [-0.2, -0.15) is 13.2 Å². The second-order valence-corrected chi connectivity index (χ2v) is 8.72. The zero-order valence-corrected chi connectivity index (χ0v) is 16.2. The van der Waals surface area contributed by atoms with Crippen LogP contribution in [-0.2, 0) is 12.7 Å². The Labute approximate surface area is 162 Å². The number of rotatable bonds is 5. The van der Waals surface area contributed by atoms with Crippen molar-refractivity contribution < 1.29 is 13.2 Å². The first kappa shape index (κ1) is 19.3. The molecule has 0 saturated carbocycles. The van der Waals surface area contributed by atoms with Crippen LogP contribution in [0.15, 0.2) is 62.7 Å². The minimum absolute atomic E-state index is 0.410. The molecule has 26 heavy (non-hydrogen) atoms. The second kappa shape index (κ2) is 8.04. The summed E-state index contributed by atoms with van der Waals surface area (Å²) in [6.45, 7) is 0.410. The predicted molar refractivity (Wildman–Crippen MR) is 103 cm³/mol. The number of aromatic nitrogens is 1. The van der Waals surface area contributed by atoms with Gasteiger partial charge in [0.05, 0.1) is 16.0 Å². The molecule has 8 heteroatoms. The molecule has 136 valence electrons. The minimum Gasteiger partial charge on any atom is -0.325 e. The van der Waals surface area contributed by atoms with E-state index in [-0.39, 0.29) is 0 Å². The number of hydrogen-bond donors (Lipinski definition) is 1. The fraction of sp³-hybridized carbons (Fsp3) is 0.167. The molecule has 0 spiro atoms. The number of benzene rings is 2. The zero-order valence-electron chi connectivity index (χ0n) is 13.7. The van der Waals surface area contributed by atoms with Crippen LogP contribution in [-0.4, -0.2) is 11.2 Å². The fourth-order valence-corrected chi connectivity index (χ4v) is 4.86. The highest BCUT2D eigenvalue weighted by molar-refractivity contribution is 8.01. The van der Waals surface area contributed by atoms with Crippen LogP contribution in [0.4, 0.5) is 13.2 Å². The van der Waals surface area contributed by atoms with Crippen LogP contribution < -0.4 is 5.73 Å². The first-order valence-corrected chi connectivity index (χ1v) is 10.4. The molecule has 2 aromatic carbocycles. The molecule has 0 aliphatic heterocycles. The maximum Gasteiger partial charge on any atom is 0.416 e. The molecule has 0 amide bonds. The van der Waals surface area contributed by atoms with Gasteiger partial charge in [-0.1, -0.05) is 23.9 Å². The average Bonchev–Trinajstić information content (AvgIpc) is 3.08. The van der Waals surface area contributed by atoms with Gasteiger partial charge in [0.1, 0.15) is 5.01 Å². The van der Waals surface area contributed by atoms with E-state index in [1.54, 1.807) is 41.1 Å². The molecule has 3 aromatic rings. The van der Waals surface area contributed by atoms with Crippen LogP contribution in [0.1, 0.15) is 10.6 Å². The van der Waals surface area contributed by atoms with Gasteiger partial charge in [0, 0.05) is 16.3 Å². The standard InChI is InChI=1S/C18H15F3N2S3/c1-24-14-6-12(11-2-4-13(5-3-11)18(19,20)21)7-15(8-14)25-17-10-23-16(9-22)26-17/h2-8,10H,9,22H2,1H3. The Hall–Kier alpha value is -1.48. The number of halogens is 3.